The van der Waals surface area contributed by atoms with Crippen molar-refractivity contribution in [3.63, 3.8) is 0 Å². The maximum Gasteiger partial charge on any atom is 0.0795 e. The molecule has 0 bridgehead atoms. The molecule has 0 spiro atoms. The molecular weight excluding hydrogens is 176 g/mol. The van der Waals surface area contributed by atoms with Crippen molar-refractivity contribution in [1.29, 1.82) is 0 Å². The summed E-state index contributed by atoms with van der Waals surface area (Å²) in [6.45, 7) is 8.22. The summed E-state index contributed by atoms with van der Waals surface area (Å²) in [5.41, 5.74) is 2.82. The number of ether oxygens (including phenoxy) is 1. The Morgan fingerprint density at radius 3 is 2.29 bits per heavy atom. The minimum atomic E-state index is 0.0568. The molecule has 0 heterocycles. The average molecular weight is 198 g/mol. The lowest BCUT2D eigenvalue weighted by Crippen LogP contribution is -2.50. The Morgan fingerprint density at radius 2 is 2.00 bits per heavy atom. The molecule has 0 amide bonds. The van der Waals surface area contributed by atoms with Gasteiger partial charge in [0.05, 0.1) is 12.1 Å². The zero-order chi connectivity index (χ0) is 11.2. The molecule has 0 saturated heterocycles. The third-order valence-electron chi connectivity index (χ3n) is 2.19. The Labute approximate surface area is 87.4 Å². The van der Waals surface area contributed by atoms with Crippen LogP contribution in [0.15, 0.2) is 0 Å². The lowest BCUT2D eigenvalue weighted by Gasteiger charge is -2.34. The molecule has 14 heavy (non-hydrogen) atoms. The van der Waals surface area contributed by atoms with E-state index in [1.54, 1.807) is 7.11 Å². The van der Waals surface area contributed by atoms with Crippen molar-refractivity contribution in [3.05, 3.63) is 0 Å². The number of methoxy groups -OCH3 is 1. The van der Waals surface area contributed by atoms with Gasteiger partial charge in [-0.3, -0.25) is 11.3 Å². The first-order valence-corrected chi connectivity index (χ1v) is 4.86. The van der Waals surface area contributed by atoms with E-state index in [4.69, 9.17) is 10.6 Å². The molecule has 0 aromatic heterocycles. The summed E-state index contributed by atoms with van der Waals surface area (Å²) in [5.74, 6) is 11.4. The average Bonchev–Trinajstić information content (AvgIpc) is 2.09. The van der Waals surface area contributed by atoms with Gasteiger partial charge in [0.2, 0.25) is 0 Å². The highest BCUT2D eigenvalue weighted by Gasteiger charge is 2.31. The van der Waals surface area contributed by atoms with Crippen LogP contribution in [0.1, 0.15) is 34.1 Å². The van der Waals surface area contributed by atoms with Crippen LogP contribution in [0.2, 0.25) is 0 Å². The van der Waals surface area contributed by atoms with E-state index in [2.05, 4.69) is 38.0 Å². The highest BCUT2D eigenvalue weighted by atomic mass is 16.5. The van der Waals surface area contributed by atoms with Crippen LogP contribution < -0.4 is 11.3 Å². The van der Waals surface area contributed by atoms with Gasteiger partial charge in [-0.25, -0.2) is 0 Å². The number of rotatable bonds is 4. The first-order chi connectivity index (χ1) is 6.47. The number of nitrogens with one attached hydrogen (secondary N) is 1. The summed E-state index contributed by atoms with van der Waals surface area (Å²) in [5, 5.41) is 0. The summed E-state index contributed by atoms with van der Waals surface area (Å²) in [7, 11) is 1.71. The van der Waals surface area contributed by atoms with E-state index in [-0.39, 0.29) is 17.6 Å². The first kappa shape index (κ1) is 13.4. The minimum absolute atomic E-state index is 0.0568. The predicted octanol–water partition coefficient (Wildman–Crippen LogP) is 1.29. The molecule has 0 aromatic carbocycles. The molecule has 0 rings (SSSR count). The van der Waals surface area contributed by atoms with Crippen LogP contribution in [-0.2, 0) is 4.74 Å². The standard InChI is InChI=1S/C11H22N2O/c1-6-7-8-9(13-12)10(14-5)11(2,3)4/h9-10,13H,8,12H2,1-5H3. The fourth-order valence-electron chi connectivity index (χ4n) is 1.59. The van der Waals surface area contributed by atoms with Crippen molar-refractivity contribution < 1.29 is 4.74 Å². The molecule has 3 heteroatoms. The third-order valence-corrected chi connectivity index (χ3v) is 2.19. The van der Waals surface area contributed by atoms with Gasteiger partial charge in [0, 0.05) is 13.5 Å². The lowest BCUT2D eigenvalue weighted by molar-refractivity contribution is -0.00989. The van der Waals surface area contributed by atoms with Crippen molar-refractivity contribution in [2.45, 2.75) is 46.3 Å². The SMILES string of the molecule is CC#CCC(NN)C(OC)C(C)(C)C. The first-order valence-electron chi connectivity index (χ1n) is 4.86. The molecule has 0 aliphatic heterocycles. The monoisotopic (exact) mass is 198 g/mol. The van der Waals surface area contributed by atoms with Crippen LogP contribution >= 0.6 is 0 Å². The molecule has 3 nitrogen and oxygen atoms in total. The number of hydrogen-bond acceptors (Lipinski definition) is 3. The van der Waals surface area contributed by atoms with E-state index >= 15 is 0 Å². The smallest absolute Gasteiger partial charge is 0.0795 e. The van der Waals surface area contributed by atoms with Gasteiger partial charge in [0.25, 0.3) is 0 Å². The van der Waals surface area contributed by atoms with Crippen LogP contribution in [0, 0.1) is 17.3 Å². The molecule has 0 aromatic rings. The maximum absolute atomic E-state index is 5.49. The Morgan fingerprint density at radius 1 is 1.43 bits per heavy atom. The number of hydrazine groups is 1. The van der Waals surface area contributed by atoms with Crippen molar-refractivity contribution >= 4 is 0 Å². The number of nitrogens with two attached hydrogens (primary N) is 1. The lowest BCUT2D eigenvalue weighted by atomic mass is 9.83. The summed E-state index contributed by atoms with van der Waals surface area (Å²) in [6, 6.07) is 0.0763. The fraction of sp³-hybridized carbons (Fsp3) is 0.818. The van der Waals surface area contributed by atoms with Gasteiger partial charge in [0.1, 0.15) is 0 Å². The Kier molecular flexibility index (Phi) is 5.78. The van der Waals surface area contributed by atoms with Gasteiger partial charge in [-0.1, -0.05) is 20.8 Å². The summed E-state index contributed by atoms with van der Waals surface area (Å²) >= 11 is 0. The highest BCUT2D eigenvalue weighted by Crippen LogP contribution is 2.25. The second-order valence-corrected chi connectivity index (χ2v) is 4.43. The summed E-state index contributed by atoms with van der Waals surface area (Å²) in [6.07, 6.45) is 0.774. The molecule has 82 valence electrons. The second-order valence-electron chi connectivity index (χ2n) is 4.43. The van der Waals surface area contributed by atoms with Crippen molar-refractivity contribution in [3.8, 4) is 11.8 Å². The van der Waals surface area contributed by atoms with Gasteiger partial charge in [0.15, 0.2) is 0 Å². The van der Waals surface area contributed by atoms with Crippen molar-refractivity contribution in [2.75, 3.05) is 7.11 Å². The zero-order valence-electron chi connectivity index (χ0n) is 9.85. The van der Waals surface area contributed by atoms with Gasteiger partial charge in [-0.15, -0.1) is 11.8 Å². The predicted molar refractivity (Wildman–Crippen MR) is 59.4 cm³/mol. The van der Waals surface area contributed by atoms with E-state index < -0.39 is 0 Å². The Balaban J connectivity index is 4.50. The van der Waals surface area contributed by atoms with Crippen LogP contribution in [0.5, 0.6) is 0 Å². The third kappa shape index (κ3) is 4.10. The number of hydrogen-bond donors (Lipinski definition) is 2. The highest BCUT2D eigenvalue weighted by molar-refractivity contribution is 5.01. The normalized spacial score (nSPS) is 15.6. The summed E-state index contributed by atoms with van der Waals surface area (Å²) < 4.78 is 5.45. The fourth-order valence-corrected chi connectivity index (χ4v) is 1.59. The molecule has 2 atom stereocenters. The van der Waals surface area contributed by atoms with E-state index in [1.807, 2.05) is 6.92 Å². The molecule has 0 fully saturated rings. The molecule has 2 unspecified atom stereocenters. The zero-order valence-corrected chi connectivity index (χ0v) is 9.85. The Hall–Kier alpha value is -0.560. The molecule has 3 N–H and O–H groups in total. The second kappa shape index (κ2) is 6.02. The molecule has 0 radical (unpaired) electrons. The molecular formula is C11H22N2O. The molecule has 0 aliphatic rings. The van der Waals surface area contributed by atoms with Crippen molar-refractivity contribution in [2.24, 2.45) is 11.3 Å². The summed E-state index contributed by atoms with van der Waals surface area (Å²) in [4.78, 5) is 0. The van der Waals surface area contributed by atoms with Gasteiger partial charge < -0.3 is 4.74 Å². The topological polar surface area (TPSA) is 47.3 Å². The largest absolute Gasteiger partial charge is 0.379 e. The Bertz CT molecular complexity index is 210. The van der Waals surface area contributed by atoms with Crippen LogP contribution in [-0.4, -0.2) is 19.3 Å². The molecule has 0 saturated carbocycles. The maximum atomic E-state index is 5.49. The van der Waals surface area contributed by atoms with Crippen LogP contribution in [0.3, 0.4) is 0 Å². The van der Waals surface area contributed by atoms with E-state index in [0.717, 1.165) is 0 Å². The van der Waals surface area contributed by atoms with Crippen molar-refractivity contribution in [1.82, 2.24) is 5.43 Å². The van der Waals surface area contributed by atoms with Gasteiger partial charge >= 0.3 is 0 Å². The van der Waals surface area contributed by atoms with E-state index in [1.165, 1.54) is 0 Å². The molecule has 0 aliphatic carbocycles. The van der Waals surface area contributed by atoms with Gasteiger partial charge in [-0.05, 0) is 12.3 Å². The quantitative estimate of drug-likeness (QED) is 0.406. The van der Waals surface area contributed by atoms with E-state index in [0.29, 0.717) is 6.42 Å². The van der Waals surface area contributed by atoms with Gasteiger partial charge in [-0.2, -0.15) is 0 Å². The minimum Gasteiger partial charge on any atom is -0.379 e. The van der Waals surface area contributed by atoms with Crippen LogP contribution in [0.25, 0.3) is 0 Å². The van der Waals surface area contributed by atoms with E-state index in [9.17, 15) is 0 Å². The van der Waals surface area contributed by atoms with Crippen LogP contribution in [0.4, 0.5) is 0 Å².